The molecule has 4 heteroatoms. The van der Waals surface area contributed by atoms with Crippen LogP contribution in [0.4, 0.5) is 0 Å². The van der Waals surface area contributed by atoms with Crippen molar-refractivity contribution in [2.24, 2.45) is 0 Å². The number of benzene rings is 5. The van der Waals surface area contributed by atoms with Crippen molar-refractivity contribution in [1.82, 2.24) is 0 Å². The van der Waals surface area contributed by atoms with Crippen LogP contribution in [0, 0.1) is 0 Å². The molecule has 0 spiro atoms. The first-order chi connectivity index (χ1) is 15.8. The Kier molecular flexibility index (Phi) is 4.72. The minimum absolute atomic E-state index is 0.159. The fourth-order valence-electron chi connectivity index (χ4n) is 4.31. The Morgan fingerprint density at radius 1 is 0.594 bits per heavy atom. The van der Waals surface area contributed by atoms with Gasteiger partial charge < -0.3 is 8.39 Å². The first-order valence-electron chi connectivity index (χ1n) is 10.7. The highest BCUT2D eigenvalue weighted by Crippen LogP contribution is 2.41. The van der Waals surface area contributed by atoms with Crippen molar-refractivity contribution in [3.8, 4) is 0 Å². The molecule has 0 fully saturated rings. The molecule has 0 N–H and O–H groups in total. The monoisotopic (exact) mass is 436 g/mol. The maximum absolute atomic E-state index is 6.41. The van der Waals surface area contributed by atoms with Gasteiger partial charge >= 0.3 is 8.24 Å². The first kappa shape index (κ1) is 19.2. The highest BCUT2D eigenvalue weighted by atomic mass is 31.1. The van der Waals surface area contributed by atoms with Crippen molar-refractivity contribution in [1.29, 1.82) is 0 Å². The lowest BCUT2D eigenvalue weighted by atomic mass is 9.99. The Morgan fingerprint density at radius 2 is 1.09 bits per heavy atom. The van der Waals surface area contributed by atoms with Crippen molar-refractivity contribution in [3.63, 3.8) is 0 Å². The molecule has 1 heterocycles. The quantitative estimate of drug-likeness (QED) is 0.278. The van der Waals surface area contributed by atoms with Crippen molar-refractivity contribution >= 4 is 51.7 Å². The zero-order valence-electron chi connectivity index (χ0n) is 17.6. The summed E-state index contributed by atoms with van der Waals surface area (Å²) in [5.41, 5.74) is 2.65. The lowest BCUT2D eigenvalue weighted by molar-refractivity contribution is 0.285. The topological polar surface area (TPSA) is 35.5 Å². The van der Waals surface area contributed by atoms with Gasteiger partial charge in [0, 0.05) is 10.8 Å². The van der Waals surface area contributed by atoms with Crippen LogP contribution in [0.2, 0.25) is 0 Å². The third kappa shape index (κ3) is 3.27. The van der Waals surface area contributed by atoms with E-state index in [1.165, 1.54) is 10.8 Å². The lowest BCUT2D eigenvalue weighted by Crippen LogP contribution is -1.99. The third-order valence-corrected chi connectivity index (χ3v) is 7.07. The van der Waals surface area contributed by atoms with Gasteiger partial charge in [0.2, 0.25) is 0 Å². The van der Waals surface area contributed by atoms with Crippen LogP contribution < -0.4 is 4.52 Å². The number of hydrogen-bond donors (Lipinski definition) is 0. The van der Waals surface area contributed by atoms with E-state index in [0.717, 1.165) is 38.3 Å². The van der Waals surface area contributed by atoms with Crippen LogP contribution in [0.25, 0.3) is 43.5 Å². The molecule has 156 valence electrons. The normalized spacial score (nSPS) is 12.5. The molecule has 0 saturated heterocycles. The predicted octanol–water partition coefficient (Wildman–Crippen LogP) is 8.79. The smallest absolute Gasteiger partial charge is 0.388 e. The van der Waals surface area contributed by atoms with Gasteiger partial charge in [-0.15, -0.1) is 0 Å². The van der Waals surface area contributed by atoms with E-state index in [2.05, 4.69) is 72.8 Å². The van der Waals surface area contributed by atoms with Gasteiger partial charge in [0.25, 0.3) is 0 Å². The van der Waals surface area contributed by atoms with Crippen LogP contribution in [-0.4, -0.2) is 0 Å². The summed E-state index contributed by atoms with van der Waals surface area (Å²) in [6.45, 7) is 2.03. The highest BCUT2D eigenvalue weighted by molar-refractivity contribution is 7.31. The van der Waals surface area contributed by atoms with Gasteiger partial charge in [-0.2, -0.15) is 0 Å². The molecule has 0 aliphatic carbocycles. The highest BCUT2D eigenvalue weighted by Gasteiger charge is 2.15. The van der Waals surface area contributed by atoms with Crippen molar-refractivity contribution in [2.45, 2.75) is 13.0 Å². The zero-order chi connectivity index (χ0) is 21.5. The Labute approximate surface area is 186 Å². The molecular formula is C28H21O3P. The summed E-state index contributed by atoms with van der Waals surface area (Å²) in [6, 6.07) is 35.2. The molecule has 6 aromatic rings. The van der Waals surface area contributed by atoms with Crippen molar-refractivity contribution in [3.05, 3.63) is 109 Å². The standard InChI is InChI=1S/C28H21O3P/c1-19(20-9-3-2-4-10-20)29-32-30-25-17-15-21-11-5-7-13-23(21)27(25)28-24-14-8-6-12-22(24)16-18-26(28)31-32/h2-19H,1H3/t19-/m0/s1. The minimum atomic E-state index is -1.65. The molecule has 5 aromatic carbocycles. The average molecular weight is 436 g/mol. The largest absolute Gasteiger partial charge is 0.399 e. The molecule has 6 rings (SSSR count). The second-order valence-corrected chi connectivity index (χ2v) is 8.91. The summed E-state index contributed by atoms with van der Waals surface area (Å²) in [5, 5.41) is 6.71. The Bertz CT molecular complexity index is 1520. The summed E-state index contributed by atoms with van der Waals surface area (Å²) in [4.78, 5) is 0. The SMILES string of the molecule is C[C@H](Op1oc2ccc3ccccc3c2c2c(ccc3ccccc32)o1)c1ccccc1. The molecule has 1 aromatic heterocycles. The number of rotatable bonds is 3. The van der Waals surface area contributed by atoms with Gasteiger partial charge in [0.05, 0.1) is 6.10 Å². The summed E-state index contributed by atoms with van der Waals surface area (Å²) in [6.07, 6.45) is -0.159. The maximum Gasteiger partial charge on any atom is 0.388 e. The van der Waals surface area contributed by atoms with Crippen molar-refractivity contribution in [2.75, 3.05) is 0 Å². The fraction of sp³-hybridized carbons (Fsp3) is 0.0714. The lowest BCUT2D eigenvalue weighted by Gasteiger charge is -2.10. The molecule has 0 unspecified atom stereocenters. The van der Waals surface area contributed by atoms with E-state index in [9.17, 15) is 0 Å². The Morgan fingerprint density at radius 3 is 1.66 bits per heavy atom. The summed E-state index contributed by atoms with van der Waals surface area (Å²) in [7, 11) is -1.65. The van der Waals surface area contributed by atoms with Gasteiger partial charge in [-0.1, -0.05) is 91.0 Å². The second kappa shape index (κ2) is 7.87. The molecular weight excluding hydrogens is 415 g/mol. The van der Waals surface area contributed by atoms with E-state index in [1.807, 2.05) is 37.3 Å². The molecule has 0 amide bonds. The Hall–Kier alpha value is -3.52. The molecule has 0 saturated carbocycles. The Balaban J connectivity index is 1.70. The fourth-order valence-corrected chi connectivity index (χ4v) is 5.44. The number of hydrogen-bond acceptors (Lipinski definition) is 3. The third-order valence-electron chi connectivity index (χ3n) is 5.89. The van der Waals surface area contributed by atoms with Gasteiger partial charge in [-0.25, -0.2) is 0 Å². The molecule has 1 atom stereocenters. The average Bonchev–Trinajstić information content (AvgIpc) is 3.01. The minimum Gasteiger partial charge on any atom is -0.399 e. The van der Waals surface area contributed by atoms with Crippen LogP contribution in [0.3, 0.4) is 0 Å². The first-order valence-corrected chi connectivity index (χ1v) is 11.8. The van der Waals surface area contributed by atoms with Gasteiger partial charge in [-0.3, -0.25) is 4.52 Å². The molecule has 3 nitrogen and oxygen atoms in total. The molecule has 32 heavy (non-hydrogen) atoms. The van der Waals surface area contributed by atoms with E-state index < -0.39 is 8.24 Å². The van der Waals surface area contributed by atoms with Crippen LogP contribution in [0.5, 0.6) is 0 Å². The summed E-state index contributed by atoms with van der Waals surface area (Å²) < 4.78 is 19.1. The zero-order valence-corrected chi connectivity index (χ0v) is 18.5. The maximum atomic E-state index is 6.41. The van der Waals surface area contributed by atoms with Crippen LogP contribution in [0.1, 0.15) is 18.6 Å². The van der Waals surface area contributed by atoms with Gasteiger partial charge in [0.15, 0.2) is 0 Å². The molecule has 0 radical (unpaired) electrons. The van der Waals surface area contributed by atoms with E-state index in [-0.39, 0.29) is 6.10 Å². The summed E-state index contributed by atoms with van der Waals surface area (Å²) in [5.74, 6) is 0. The van der Waals surface area contributed by atoms with E-state index in [4.69, 9.17) is 12.9 Å². The van der Waals surface area contributed by atoms with Crippen LogP contribution in [-0.2, 0) is 0 Å². The van der Waals surface area contributed by atoms with Gasteiger partial charge in [-0.05, 0) is 46.2 Å². The molecule has 0 aliphatic rings. The van der Waals surface area contributed by atoms with Gasteiger partial charge in [0.1, 0.15) is 11.2 Å². The van der Waals surface area contributed by atoms with E-state index >= 15 is 0 Å². The predicted molar refractivity (Wildman–Crippen MR) is 133 cm³/mol. The number of fused-ring (bicyclic) bond motifs is 7. The van der Waals surface area contributed by atoms with Crippen LogP contribution >= 0.6 is 8.24 Å². The molecule has 0 aliphatic heterocycles. The second-order valence-electron chi connectivity index (χ2n) is 7.88. The van der Waals surface area contributed by atoms with E-state index in [0.29, 0.717) is 0 Å². The van der Waals surface area contributed by atoms with E-state index in [1.54, 1.807) is 0 Å². The summed E-state index contributed by atoms with van der Waals surface area (Å²) >= 11 is 0. The van der Waals surface area contributed by atoms with Crippen molar-refractivity contribution < 1.29 is 12.9 Å². The molecule has 0 bridgehead atoms. The van der Waals surface area contributed by atoms with Crippen LogP contribution in [0.15, 0.2) is 112 Å².